The molecule has 1 aliphatic rings. The minimum absolute atomic E-state index is 0.201. The van der Waals surface area contributed by atoms with Crippen molar-refractivity contribution in [3.63, 3.8) is 0 Å². The molecule has 0 radical (unpaired) electrons. The fraction of sp³-hybridized carbons (Fsp3) is 0.636. The topological polar surface area (TPSA) is 84.4 Å². The summed E-state index contributed by atoms with van der Waals surface area (Å²) in [5.41, 5.74) is 5.69. The standard InChI is InChI=1S/C11H18N4O2/c1-3-11(17)6-14(7-11)10(16)9-8(12)5-15(4-2)13-9/h5,17H,3-4,6-7,12H2,1-2H3. The number of nitrogens with two attached hydrogens (primary N) is 1. The van der Waals surface area contributed by atoms with Gasteiger partial charge in [0.05, 0.1) is 24.4 Å². The number of anilines is 1. The van der Waals surface area contributed by atoms with E-state index in [4.69, 9.17) is 5.73 Å². The second-order valence-corrected chi connectivity index (χ2v) is 4.53. The number of aromatic nitrogens is 2. The van der Waals surface area contributed by atoms with E-state index in [0.29, 0.717) is 31.7 Å². The number of carbonyl (C=O) groups excluding carboxylic acids is 1. The van der Waals surface area contributed by atoms with Gasteiger partial charge in [-0.3, -0.25) is 9.48 Å². The van der Waals surface area contributed by atoms with Crippen LogP contribution in [-0.4, -0.2) is 44.4 Å². The number of nitrogens with zero attached hydrogens (tertiary/aromatic N) is 3. The number of rotatable bonds is 3. The van der Waals surface area contributed by atoms with E-state index in [9.17, 15) is 9.90 Å². The Bertz CT molecular complexity index is 435. The SMILES string of the molecule is CCn1cc(N)c(C(=O)N2CC(O)(CC)C2)n1. The van der Waals surface area contributed by atoms with E-state index in [1.807, 2.05) is 13.8 Å². The highest BCUT2D eigenvalue weighted by Crippen LogP contribution is 2.26. The summed E-state index contributed by atoms with van der Waals surface area (Å²) in [6.07, 6.45) is 2.30. The van der Waals surface area contributed by atoms with Crippen molar-refractivity contribution in [2.75, 3.05) is 18.8 Å². The molecule has 1 amide bonds. The van der Waals surface area contributed by atoms with Gasteiger partial charge in [0.15, 0.2) is 5.69 Å². The molecular weight excluding hydrogens is 220 g/mol. The molecule has 2 rings (SSSR count). The Morgan fingerprint density at radius 2 is 2.24 bits per heavy atom. The lowest BCUT2D eigenvalue weighted by molar-refractivity contribution is -0.0828. The van der Waals surface area contributed by atoms with Gasteiger partial charge in [-0.1, -0.05) is 6.92 Å². The summed E-state index contributed by atoms with van der Waals surface area (Å²) >= 11 is 0. The van der Waals surface area contributed by atoms with Gasteiger partial charge in [0.25, 0.3) is 5.91 Å². The third-order valence-corrected chi connectivity index (χ3v) is 3.23. The van der Waals surface area contributed by atoms with Crippen molar-refractivity contribution in [2.45, 2.75) is 32.4 Å². The van der Waals surface area contributed by atoms with Gasteiger partial charge >= 0.3 is 0 Å². The van der Waals surface area contributed by atoms with Crippen LogP contribution in [0.25, 0.3) is 0 Å². The van der Waals surface area contributed by atoms with Crippen LogP contribution in [0.4, 0.5) is 5.69 Å². The molecule has 2 heterocycles. The monoisotopic (exact) mass is 238 g/mol. The average molecular weight is 238 g/mol. The van der Waals surface area contributed by atoms with E-state index in [1.165, 1.54) is 0 Å². The summed E-state index contributed by atoms with van der Waals surface area (Å²) in [4.78, 5) is 13.6. The van der Waals surface area contributed by atoms with Crippen LogP contribution in [0.5, 0.6) is 0 Å². The Labute approximate surface area is 100 Å². The van der Waals surface area contributed by atoms with Crippen LogP contribution >= 0.6 is 0 Å². The van der Waals surface area contributed by atoms with Crippen LogP contribution in [0.2, 0.25) is 0 Å². The summed E-state index contributed by atoms with van der Waals surface area (Å²) < 4.78 is 1.63. The summed E-state index contributed by atoms with van der Waals surface area (Å²) in [5, 5.41) is 14.0. The van der Waals surface area contributed by atoms with Crippen LogP contribution in [0, 0.1) is 0 Å². The number of hydrogen-bond acceptors (Lipinski definition) is 4. The van der Waals surface area contributed by atoms with Crippen molar-refractivity contribution < 1.29 is 9.90 Å². The molecule has 0 atom stereocenters. The zero-order chi connectivity index (χ0) is 12.6. The number of nitrogen functional groups attached to an aromatic ring is 1. The fourth-order valence-electron chi connectivity index (χ4n) is 1.95. The van der Waals surface area contributed by atoms with Crippen LogP contribution in [0.1, 0.15) is 30.8 Å². The quantitative estimate of drug-likeness (QED) is 0.781. The Morgan fingerprint density at radius 1 is 1.59 bits per heavy atom. The lowest BCUT2D eigenvalue weighted by Crippen LogP contribution is -2.63. The van der Waals surface area contributed by atoms with Crippen molar-refractivity contribution in [3.8, 4) is 0 Å². The maximum absolute atomic E-state index is 12.0. The second-order valence-electron chi connectivity index (χ2n) is 4.53. The molecule has 1 fully saturated rings. The number of β-amino-alcohol motifs (C(OH)–C–C–N with tert-alkyl or cyclic N) is 1. The second kappa shape index (κ2) is 4.03. The molecule has 1 aromatic rings. The summed E-state index contributed by atoms with van der Waals surface area (Å²) in [7, 11) is 0. The normalized spacial score (nSPS) is 17.9. The molecule has 0 aliphatic carbocycles. The first-order valence-corrected chi connectivity index (χ1v) is 5.83. The molecule has 1 aromatic heterocycles. The van der Waals surface area contributed by atoms with E-state index in [1.54, 1.807) is 15.8 Å². The number of likely N-dealkylation sites (tertiary alicyclic amines) is 1. The Kier molecular flexibility index (Phi) is 2.82. The lowest BCUT2D eigenvalue weighted by Gasteiger charge is -2.45. The molecule has 1 saturated heterocycles. The van der Waals surface area contributed by atoms with Gasteiger partial charge in [-0.2, -0.15) is 5.10 Å². The van der Waals surface area contributed by atoms with E-state index in [0.717, 1.165) is 0 Å². The highest BCUT2D eigenvalue weighted by atomic mass is 16.3. The molecule has 17 heavy (non-hydrogen) atoms. The zero-order valence-electron chi connectivity index (χ0n) is 10.2. The van der Waals surface area contributed by atoms with Gasteiger partial charge in [-0.05, 0) is 13.3 Å². The lowest BCUT2D eigenvalue weighted by atomic mass is 9.91. The van der Waals surface area contributed by atoms with Gasteiger partial charge in [0, 0.05) is 12.7 Å². The third kappa shape index (κ3) is 2.00. The maximum atomic E-state index is 12.0. The molecule has 0 spiro atoms. The largest absolute Gasteiger partial charge is 0.396 e. The molecule has 94 valence electrons. The van der Waals surface area contributed by atoms with Crippen LogP contribution < -0.4 is 5.73 Å². The Morgan fingerprint density at radius 3 is 2.71 bits per heavy atom. The van der Waals surface area contributed by atoms with E-state index in [2.05, 4.69) is 5.10 Å². The predicted octanol–water partition coefficient (Wildman–Crippen LogP) is 0.0821. The summed E-state index contributed by atoms with van der Waals surface area (Å²) in [6.45, 7) is 5.24. The summed E-state index contributed by atoms with van der Waals surface area (Å²) in [5.74, 6) is -0.201. The number of carbonyl (C=O) groups is 1. The summed E-state index contributed by atoms with van der Waals surface area (Å²) in [6, 6.07) is 0. The van der Waals surface area contributed by atoms with Gasteiger partial charge in [-0.25, -0.2) is 0 Å². The number of aryl methyl sites for hydroxylation is 1. The molecule has 0 aromatic carbocycles. The molecule has 0 bridgehead atoms. The molecule has 6 heteroatoms. The minimum Gasteiger partial charge on any atom is -0.396 e. The van der Waals surface area contributed by atoms with Crippen molar-refractivity contribution >= 4 is 11.6 Å². The number of aliphatic hydroxyl groups is 1. The zero-order valence-corrected chi connectivity index (χ0v) is 10.2. The first kappa shape index (κ1) is 11.9. The molecule has 0 unspecified atom stereocenters. The van der Waals surface area contributed by atoms with Gasteiger partial charge < -0.3 is 15.7 Å². The van der Waals surface area contributed by atoms with Crippen LogP contribution in [-0.2, 0) is 6.54 Å². The molecule has 6 nitrogen and oxygen atoms in total. The average Bonchev–Trinajstić information content (AvgIpc) is 2.65. The fourth-order valence-corrected chi connectivity index (χ4v) is 1.95. The smallest absolute Gasteiger partial charge is 0.276 e. The van der Waals surface area contributed by atoms with Crippen molar-refractivity contribution in [2.24, 2.45) is 0 Å². The van der Waals surface area contributed by atoms with Crippen LogP contribution in [0.3, 0.4) is 0 Å². The van der Waals surface area contributed by atoms with Gasteiger partial charge in [0.2, 0.25) is 0 Å². The Balaban J connectivity index is 2.09. The molecular formula is C11H18N4O2. The highest BCUT2D eigenvalue weighted by Gasteiger charge is 2.43. The van der Waals surface area contributed by atoms with E-state index >= 15 is 0 Å². The number of hydrogen-bond donors (Lipinski definition) is 2. The highest BCUT2D eigenvalue weighted by molar-refractivity contribution is 5.97. The van der Waals surface area contributed by atoms with Crippen molar-refractivity contribution in [1.82, 2.24) is 14.7 Å². The maximum Gasteiger partial charge on any atom is 0.276 e. The van der Waals surface area contributed by atoms with Crippen molar-refractivity contribution in [3.05, 3.63) is 11.9 Å². The number of amides is 1. The van der Waals surface area contributed by atoms with E-state index in [-0.39, 0.29) is 11.6 Å². The van der Waals surface area contributed by atoms with Gasteiger partial charge in [0.1, 0.15) is 0 Å². The minimum atomic E-state index is -0.724. The molecule has 1 aliphatic heterocycles. The molecule has 3 N–H and O–H groups in total. The van der Waals surface area contributed by atoms with Crippen molar-refractivity contribution in [1.29, 1.82) is 0 Å². The predicted molar refractivity (Wildman–Crippen MR) is 63.5 cm³/mol. The third-order valence-electron chi connectivity index (χ3n) is 3.23. The van der Waals surface area contributed by atoms with Crippen LogP contribution in [0.15, 0.2) is 6.20 Å². The first-order chi connectivity index (χ1) is 7.99. The van der Waals surface area contributed by atoms with Gasteiger partial charge in [-0.15, -0.1) is 0 Å². The first-order valence-electron chi connectivity index (χ1n) is 5.83. The van der Waals surface area contributed by atoms with E-state index < -0.39 is 5.60 Å². The Hall–Kier alpha value is -1.56. The molecule has 0 saturated carbocycles.